The average molecular weight is 281 g/mol. The number of hydrogen-bond acceptors (Lipinski definition) is 6. The number of nitrogens with two attached hydrogens (primary N) is 2. The molecule has 1 fully saturated rings. The van der Waals surface area contributed by atoms with Crippen LogP contribution in [0, 0.1) is 5.92 Å². The molecule has 110 valence electrons. The first kappa shape index (κ1) is 14.4. The molecule has 0 saturated carbocycles. The molecule has 1 unspecified atom stereocenters. The maximum Gasteiger partial charge on any atom is 0.287 e. The van der Waals surface area contributed by atoms with E-state index in [1.807, 2.05) is 5.43 Å². The Bertz CT molecular complexity index is 487. The highest BCUT2D eigenvalue weighted by molar-refractivity contribution is 5.91. The highest BCUT2D eigenvalue weighted by Gasteiger charge is 2.23. The minimum atomic E-state index is -0.469. The van der Waals surface area contributed by atoms with Crippen molar-refractivity contribution in [2.75, 3.05) is 19.6 Å². The highest BCUT2D eigenvalue weighted by Crippen LogP contribution is 2.15. The van der Waals surface area contributed by atoms with Gasteiger partial charge in [0.05, 0.1) is 18.7 Å². The number of amides is 2. The van der Waals surface area contributed by atoms with Crippen LogP contribution in [0.25, 0.3) is 0 Å². The SMILES string of the molecule is NNC(=O)c1cn(CCN2CCCC(C(N)=O)C2)nn1. The number of primary amides is 1. The Morgan fingerprint density at radius 1 is 1.45 bits per heavy atom. The quantitative estimate of drug-likeness (QED) is 0.327. The van der Waals surface area contributed by atoms with Crippen molar-refractivity contribution in [3.8, 4) is 0 Å². The van der Waals surface area contributed by atoms with Gasteiger partial charge in [-0.2, -0.15) is 0 Å². The molecule has 1 atom stereocenters. The van der Waals surface area contributed by atoms with E-state index in [9.17, 15) is 9.59 Å². The highest BCUT2D eigenvalue weighted by atomic mass is 16.2. The molecule has 2 heterocycles. The molecule has 1 aromatic rings. The second-order valence-corrected chi connectivity index (χ2v) is 4.88. The predicted molar refractivity (Wildman–Crippen MR) is 70.0 cm³/mol. The topological polar surface area (TPSA) is 132 Å². The van der Waals surface area contributed by atoms with Crippen LogP contribution in [-0.4, -0.2) is 51.3 Å². The fraction of sp³-hybridized carbons (Fsp3) is 0.636. The largest absolute Gasteiger partial charge is 0.369 e. The van der Waals surface area contributed by atoms with Gasteiger partial charge in [0.2, 0.25) is 5.91 Å². The van der Waals surface area contributed by atoms with Crippen molar-refractivity contribution in [1.82, 2.24) is 25.3 Å². The summed E-state index contributed by atoms with van der Waals surface area (Å²) in [5.41, 5.74) is 7.52. The van der Waals surface area contributed by atoms with Crippen LogP contribution in [-0.2, 0) is 11.3 Å². The van der Waals surface area contributed by atoms with E-state index in [0.717, 1.165) is 25.9 Å². The first-order valence-corrected chi connectivity index (χ1v) is 6.53. The monoisotopic (exact) mass is 281 g/mol. The van der Waals surface area contributed by atoms with E-state index in [4.69, 9.17) is 11.6 Å². The lowest BCUT2D eigenvalue weighted by Gasteiger charge is -2.30. The third-order valence-corrected chi connectivity index (χ3v) is 3.46. The molecule has 1 saturated heterocycles. The minimum Gasteiger partial charge on any atom is -0.369 e. The summed E-state index contributed by atoms with van der Waals surface area (Å²) in [7, 11) is 0. The summed E-state index contributed by atoms with van der Waals surface area (Å²) >= 11 is 0. The van der Waals surface area contributed by atoms with E-state index in [-0.39, 0.29) is 17.5 Å². The fourth-order valence-corrected chi connectivity index (χ4v) is 2.32. The van der Waals surface area contributed by atoms with Gasteiger partial charge in [0, 0.05) is 13.1 Å². The lowest BCUT2D eigenvalue weighted by atomic mass is 9.97. The zero-order valence-electron chi connectivity index (χ0n) is 11.2. The molecule has 0 radical (unpaired) electrons. The first-order chi connectivity index (χ1) is 9.60. The maximum absolute atomic E-state index is 11.2. The maximum atomic E-state index is 11.2. The Hall–Kier alpha value is -2.00. The lowest BCUT2D eigenvalue weighted by molar-refractivity contribution is -0.123. The molecule has 0 aromatic carbocycles. The van der Waals surface area contributed by atoms with Crippen molar-refractivity contribution in [3.05, 3.63) is 11.9 Å². The average Bonchev–Trinajstić information content (AvgIpc) is 2.93. The van der Waals surface area contributed by atoms with Crippen LogP contribution in [0.5, 0.6) is 0 Å². The van der Waals surface area contributed by atoms with Gasteiger partial charge in [-0.25, -0.2) is 5.84 Å². The molecule has 1 aromatic heterocycles. The van der Waals surface area contributed by atoms with Crippen LogP contribution >= 0.6 is 0 Å². The van der Waals surface area contributed by atoms with Crippen LogP contribution in [0.15, 0.2) is 6.20 Å². The molecule has 2 amide bonds. The van der Waals surface area contributed by atoms with E-state index in [1.54, 1.807) is 4.68 Å². The van der Waals surface area contributed by atoms with E-state index in [1.165, 1.54) is 6.20 Å². The zero-order valence-corrected chi connectivity index (χ0v) is 11.2. The van der Waals surface area contributed by atoms with Crippen molar-refractivity contribution >= 4 is 11.8 Å². The van der Waals surface area contributed by atoms with Crippen molar-refractivity contribution in [2.45, 2.75) is 19.4 Å². The van der Waals surface area contributed by atoms with Crippen molar-refractivity contribution in [1.29, 1.82) is 0 Å². The molecule has 0 spiro atoms. The molecule has 9 heteroatoms. The smallest absolute Gasteiger partial charge is 0.287 e. The number of hydrazine groups is 1. The Labute approximate surface area is 116 Å². The van der Waals surface area contributed by atoms with Gasteiger partial charge in [-0.1, -0.05) is 5.21 Å². The summed E-state index contributed by atoms with van der Waals surface area (Å²) in [5, 5.41) is 7.58. The van der Waals surface area contributed by atoms with E-state index in [0.29, 0.717) is 13.1 Å². The van der Waals surface area contributed by atoms with E-state index in [2.05, 4.69) is 15.2 Å². The van der Waals surface area contributed by atoms with Gasteiger partial charge >= 0.3 is 0 Å². The Morgan fingerprint density at radius 2 is 2.25 bits per heavy atom. The van der Waals surface area contributed by atoms with Gasteiger partial charge in [-0.15, -0.1) is 5.10 Å². The van der Waals surface area contributed by atoms with Gasteiger partial charge in [-0.3, -0.25) is 19.7 Å². The number of carbonyl (C=O) groups excluding carboxylic acids is 2. The van der Waals surface area contributed by atoms with E-state index >= 15 is 0 Å². The number of carbonyl (C=O) groups is 2. The van der Waals surface area contributed by atoms with Crippen LogP contribution in [0.1, 0.15) is 23.3 Å². The van der Waals surface area contributed by atoms with Crippen molar-refractivity contribution in [2.24, 2.45) is 17.5 Å². The summed E-state index contributed by atoms with van der Waals surface area (Å²) in [6.45, 7) is 2.95. The van der Waals surface area contributed by atoms with Crippen molar-refractivity contribution < 1.29 is 9.59 Å². The molecule has 5 N–H and O–H groups in total. The van der Waals surface area contributed by atoms with Gasteiger partial charge in [0.25, 0.3) is 5.91 Å². The molecule has 1 aliphatic heterocycles. The van der Waals surface area contributed by atoms with Gasteiger partial charge < -0.3 is 10.6 Å². The van der Waals surface area contributed by atoms with Gasteiger partial charge in [0.15, 0.2) is 5.69 Å². The van der Waals surface area contributed by atoms with Crippen molar-refractivity contribution in [3.63, 3.8) is 0 Å². The fourth-order valence-electron chi connectivity index (χ4n) is 2.32. The molecule has 20 heavy (non-hydrogen) atoms. The van der Waals surface area contributed by atoms with Crippen LogP contribution in [0.2, 0.25) is 0 Å². The summed E-state index contributed by atoms with van der Waals surface area (Å²) in [6, 6.07) is 0. The third-order valence-electron chi connectivity index (χ3n) is 3.46. The number of hydrogen-bond donors (Lipinski definition) is 3. The summed E-state index contributed by atoms with van der Waals surface area (Å²) < 4.78 is 1.58. The van der Waals surface area contributed by atoms with E-state index < -0.39 is 5.91 Å². The number of likely N-dealkylation sites (tertiary alicyclic amines) is 1. The number of rotatable bonds is 5. The normalized spacial score (nSPS) is 19.8. The number of nitrogens with one attached hydrogen (secondary N) is 1. The van der Waals surface area contributed by atoms with Crippen LogP contribution in [0.3, 0.4) is 0 Å². The number of nitrogen functional groups attached to an aromatic ring is 1. The molecule has 2 rings (SSSR count). The molecule has 1 aliphatic rings. The first-order valence-electron chi connectivity index (χ1n) is 6.53. The summed E-state index contributed by atoms with van der Waals surface area (Å²) in [6.07, 6.45) is 3.36. The number of aromatic nitrogens is 3. The second kappa shape index (κ2) is 6.44. The van der Waals surface area contributed by atoms with Crippen LogP contribution in [0.4, 0.5) is 0 Å². The molecular weight excluding hydrogens is 262 g/mol. The Balaban J connectivity index is 1.84. The molecule has 0 aliphatic carbocycles. The molecular formula is C11H19N7O2. The zero-order chi connectivity index (χ0) is 14.5. The predicted octanol–water partition coefficient (Wildman–Crippen LogP) is -1.92. The summed E-state index contributed by atoms with van der Waals surface area (Å²) in [4.78, 5) is 24.6. The molecule has 0 bridgehead atoms. The third kappa shape index (κ3) is 3.52. The number of piperidine rings is 1. The van der Waals surface area contributed by atoms with Crippen LogP contribution < -0.4 is 17.0 Å². The lowest BCUT2D eigenvalue weighted by Crippen LogP contribution is -2.42. The van der Waals surface area contributed by atoms with Gasteiger partial charge in [-0.05, 0) is 19.4 Å². The molecule has 9 nitrogen and oxygen atoms in total. The second-order valence-electron chi connectivity index (χ2n) is 4.88. The Kier molecular flexibility index (Phi) is 4.64. The Morgan fingerprint density at radius 3 is 2.95 bits per heavy atom. The number of nitrogens with zero attached hydrogens (tertiary/aromatic N) is 4. The standard InChI is InChI=1S/C11H19N7O2/c12-10(19)8-2-1-3-17(6-8)4-5-18-7-9(15-16-18)11(20)14-13/h7-8H,1-6,13H2,(H2,12,19)(H,14,20). The minimum absolute atomic E-state index is 0.0712. The van der Waals surface area contributed by atoms with Gasteiger partial charge in [0.1, 0.15) is 0 Å². The summed E-state index contributed by atoms with van der Waals surface area (Å²) in [5.74, 6) is 4.24.